The number of piperazine rings is 1. The van der Waals surface area contributed by atoms with Gasteiger partial charge < -0.3 is 14.4 Å². The molecule has 5 nitrogen and oxygen atoms in total. The number of aromatic nitrogens is 2. The van der Waals surface area contributed by atoms with Crippen molar-refractivity contribution in [2.24, 2.45) is 0 Å². The fraction of sp³-hybridized carbons (Fsp3) is 0.273. The van der Waals surface area contributed by atoms with Crippen LogP contribution in [0.2, 0.25) is 0 Å². The van der Waals surface area contributed by atoms with Crippen molar-refractivity contribution in [3.63, 3.8) is 0 Å². The van der Waals surface area contributed by atoms with Crippen LogP contribution in [0.5, 0.6) is 0 Å². The number of carbonyl (C=O) groups excluding carboxylic acids is 1. The Kier molecular flexibility index (Phi) is 4.67. The summed E-state index contributed by atoms with van der Waals surface area (Å²) in [4.78, 5) is 21.2. The van der Waals surface area contributed by atoms with Gasteiger partial charge in [-0.05, 0) is 62.4 Å². The van der Waals surface area contributed by atoms with Crippen LogP contribution in [-0.4, -0.2) is 46.5 Å². The lowest BCUT2D eigenvalue weighted by Gasteiger charge is -2.36. The van der Waals surface area contributed by atoms with E-state index in [0.29, 0.717) is 0 Å². The minimum atomic E-state index is 0.108. The standard InChI is InChI=1S/C22H24N4O/c1-17-3-4-18(2)26(17)21-7-5-19(6-8-21)22(27)25-15-13-24(14-16-25)20-9-11-23-12-10-20/h3-12H,13-16H2,1-2H3. The van der Waals surface area contributed by atoms with Crippen molar-refractivity contribution < 1.29 is 4.79 Å². The van der Waals surface area contributed by atoms with Crippen molar-refractivity contribution in [2.45, 2.75) is 13.8 Å². The van der Waals surface area contributed by atoms with Crippen molar-refractivity contribution in [3.8, 4) is 5.69 Å². The molecule has 1 aromatic carbocycles. The average Bonchev–Trinajstić information content (AvgIpc) is 3.06. The van der Waals surface area contributed by atoms with Gasteiger partial charge in [0.25, 0.3) is 5.91 Å². The molecule has 1 saturated heterocycles. The lowest BCUT2D eigenvalue weighted by atomic mass is 10.1. The number of amides is 1. The van der Waals surface area contributed by atoms with Gasteiger partial charge in [-0.25, -0.2) is 0 Å². The highest BCUT2D eigenvalue weighted by molar-refractivity contribution is 5.94. The highest BCUT2D eigenvalue weighted by Gasteiger charge is 2.22. The summed E-state index contributed by atoms with van der Waals surface area (Å²) in [6.07, 6.45) is 3.62. The second kappa shape index (κ2) is 7.27. The second-order valence-electron chi connectivity index (χ2n) is 6.98. The number of carbonyl (C=O) groups is 1. The summed E-state index contributed by atoms with van der Waals surface area (Å²) in [5.74, 6) is 0.108. The summed E-state index contributed by atoms with van der Waals surface area (Å²) in [7, 11) is 0. The number of rotatable bonds is 3. The Balaban J connectivity index is 1.43. The number of aryl methyl sites for hydroxylation is 2. The average molecular weight is 360 g/mol. The fourth-order valence-corrected chi connectivity index (χ4v) is 3.73. The normalized spacial score (nSPS) is 14.4. The summed E-state index contributed by atoms with van der Waals surface area (Å²) in [5.41, 5.74) is 5.39. The van der Waals surface area contributed by atoms with E-state index < -0.39 is 0 Å². The molecule has 0 radical (unpaired) electrons. The first-order chi connectivity index (χ1) is 13.1. The number of pyridine rings is 1. The maximum Gasteiger partial charge on any atom is 0.253 e. The number of hydrogen-bond donors (Lipinski definition) is 0. The molecule has 2 aromatic heterocycles. The van der Waals surface area contributed by atoms with Gasteiger partial charge in [0, 0.05) is 66.9 Å². The largest absolute Gasteiger partial charge is 0.368 e. The van der Waals surface area contributed by atoms with Crippen molar-refractivity contribution in [1.82, 2.24) is 14.5 Å². The molecule has 3 heterocycles. The Bertz CT molecular complexity index is 903. The number of hydrogen-bond acceptors (Lipinski definition) is 3. The molecule has 4 rings (SSSR count). The zero-order valence-electron chi connectivity index (χ0n) is 15.8. The number of anilines is 1. The Morgan fingerprint density at radius 1 is 0.778 bits per heavy atom. The van der Waals surface area contributed by atoms with Gasteiger partial charge in [0.15, 0.2) is 0 Å². The molecule has 1 amide bonds. The molecule has 3 aromatic rings. The van der Waals surface area contributed by atoms with Crippen molar-refractivity contribution >= 4 is 11.6 Å². The Labute approximate surface area is 159 Å². The van der Waals surface area contributed by atoms with E-state index in [1.54, 1.807) is 0 Å². The highest BCUT2D eigenvalue weighted by Crippen LogP contribution is 2.19. The van der Waals surface area contributed by atoms with Gasteiger partial charge in [0.1, 0.15) is 0 Å². The molecule has 0 bridgehead atoms. The smallest absolute Gasteiger partial charge is 0.253 e. The minimum Gasteiger partial charge on any atom is -0.368 e. The van der Waals surface area contributed by atoms with E-state index in [1.165, 1.54) is 17.1 Å². The molecule has 0 saturated carbocycles. The van der Waals surface area contributed by atoms with Crippen molar-refractivity contribution in [3.05, 3.63) is 77.9 Å². The first-order valence-corrected chi connectivity index (χ1v) is 9.33. The first kappa shape index (κ1) is 17.3. The SMILES string of the molecule is Cc1ccc(C)n1-c1ccc(C(=O)N2CCN(c3ccncc3)CC2)cc1. The molecular weight excluding hydrogens is 336 g/mol. The highest BCUT2D eigenvalue weighted by atomic mass is 16.2. The zero-order valence-corrected chi connectivity index (χ0v) is 15.8. The van der Waals surface area contributed by atoms with Gasteiger partial charge in [-0.3, -0.25) is 9.78 Å². The van der Waals surface area contributed by atoms with E-state index in [1.807, 2.05) is 53.7 Å². The van der Waals surface area contributed by atoms with E-state index in [9.17, 15) is 4.79 Å². The molecule has 1 aliphatic heterocycles. The summed E-state index contributed by atoms with van der Waals surface area (Å²) in [5, 5.41) is 0. The Hall–Kier alpha value is -3.08. The van der Waals surface area contributed by atoms with Gasteiger partial charge in [-0.15, -0.1) is 0 Å². The van der Waals surface area contributed by atoms with E-state index >= 15 is 0 Å². The van der Waals surface area contributed by atoms with Crippen LogP contribution in [-0.2, 0) is 0 Å². The third kappa shape index (κ3) is 3.45. The Morgan fingerprint density at radius 3 is 1.96 bits per heavy atom. The van der Waals surface area contributed by atoms with Gasteiger partial charge >= 0.3 is 0 Å². The van der Waals surface area contributed by atoms with Crippen LogP contribution in [0, 0.1) is 13.8 Å². The third-order valence-corrected chi connectivity index (χ3v) is 5.24. The molecule has 0 unspecified atom stereocenters. The van der Waals surface area contributed by atoms with Gasteiger partial charge in [0.2, 0.25) is 0 Å². The second-order valence-corrected chi connectivity index (χ2v) is 6.98. The molecule has 0 N–H and O–H groups in total. The lowest BCUT2D eigenvalue weighted by Crippen LogP contribution is -2.48. The summed E-state index contributed by atoms with van der Waals surface area (Å²) in [6.45, 7) is 7.34. The molecule has 0 aliphatic carbocycles. The van der Waals surface area contributed by atoms with E-state index in [2.05, 4.69) is 40.4 Å². The van der Waals surface area contributed by atoms with E-state index in [0.717, 1.165) is 37.4 Å². The van der Waals surface area contributed by atoms with Gasteiger partial charge in [-0.2, -0.15) is 0 Å². The van der Waals surface area contributed by atoms with Crippen LogP contribution < -0.4 is 4.90 Å². The summed E-state index contributed by atoms with van der Waals surface area (Å²) in [6, 6.07) is 16.2. The summed E-state index contributed by atoms with van der Waals surface area (Å²) >= 11 is 0. The quantitative estimate of drug-likeness (QED) is 0.718. The number of benzene rings is 1. The van der Waals surface area contributed by atoms with Crippen molar-refractivity contribution in [1.29, 1.82) is 0 Å². The van der Waals surface area contributed by atoms with Crippen LogP contribution in [0.25, 0.3) is 5.69 Å². The molecule has 27 heavy (non-hydrogen) atoms. The molecule has 1 fully saturated rings. The van der Waals surface area contributed by atoms with Crippen LogP contribution in [0.4, 0.5) is 5.69 Å². The lowest BCUT2D eigenvalue weighted by molar-refractivity contribution is 0.0747. The maximum absolute atomic E-state index is 12.9. The molecule has 0 atom stereocenters. The molecule has 1 aliphatic rings. The van der Waals surface area contributed by atoms with Crippen molar-refractivity contribution in [2.75, 3.05) is 31.1 Å². The monoisotopic (exact) mass is 360 g/mol. The zero-order chi connectivity index (χ0) is 18.8. The molecule has 5 heteroatoms. The topological polar surface area (TPSA) is 41.4 Å². The fourth-order valence-electron chi connectivity index (χ4n) is 3.73. The van der Waals surface area contributed by atoms with E-state index in [-0.39, 0.29) is 5.91 Å². The molecular formula is C22H24N4O. The van der Waals surface area contributed by atoms with Crippen LogP contribution in [0.1, 0.15) is 21.7 Å². The number of nitrogens with zero attached hydrogens (tertiary/aromatic N) is 4. The van der Waals surface area contributed by atoms with Crippen LogP contribution in [0.15, 0.2) is 60.9 Å². The third-order valence-electron chi connectivity index (χ3n) is 5.24. The Morgan fingerprint density at radius 2 is 1.37 bits per heavy atom. The van der Waals surface area contributed by atoms with E-state index in [4.69, 9.17) is 0 Å². The maximum atomic E-state index is 12.9. The van der Waals surface area contributed by atoms with Gasteiger partial charge in [-0.1, -0.05) is 0 Å². The predicted molar refractivity (Wildman–Crippen MR) is 108 cm³/mol. The molecule has 138 valence electrons. The minimum absolute atomic E-state index is 0.108. The first-order valence-electron chi connectivity index (χ1n) is 9.33. The van der Waals surface area contributed by atoms with Crippen LogP contribution >= 0.6 is 0 Å². The molecule has 0 spiro atoms. The van der Waals surface area contributed by atoms with Gasteiger partial charge in [0.05, 0.1) is 0 Å². The summed E-state index contributed by atoms with van der Waals surface area (Å²) < 4.78 is 2.20. The predicted octanol–water partition coefficient (Wildman–Crippen LogP) is 3.45. The van der Waals surface area contributed by atoms with Crippen LogP contribution in [0.3, 0.4) is 0 Å².